The molecule has 96 valence electrons. The van der Waals surface area contributed by atoms with Gasteiger partial charge in [-0.15, -0.1) is 11.6 Å². The van der Waals surface area contributed by atoms with Crippen molar-refractivity contribution in [3.63, 3.8) is 0 Å². The minimum absolute atomic E-state index is 0.00815. The van der Waals surface area contributed by atoms with E-state index in [2.05, 4.69) is 4.98 Å². The van der Waals surface area contributed by atoms with Gasteiger partial charge in [0.25, 0.3) is 0 Å². The maximum Gasteiger partial charge on any atom is 0.181 e. The number of H-pyrrole nitrogens is 1. The average Bonchev–Trinajstić information content (AvgIpc) is 2.83. The van der Waals surface area contributed by atoms with E-state index < -0.39 is 12.2 Å². The number of nitrogens with one attached hydrogen (secondary N) is 1. The quantitative estimate of drug-likeness (QED) is 0.596. The van der Waals surface area contributed by atoms with Gasteiger partial charge < -0.3 is 15.2 Å². The molecule has 4 nitrogen and oxygen atoms in total. The zero-order chi connectivity index (χ0) is 13.1. The highest BCUT2D eigenvalue weighted by Crippen LogP contribution is 2.19. The molecule has 2 rings (SSSR count). The number of aliphatic hydroxyl groups is 2. The molecule has 2 unspecified atom stereocenters. The number of benzene rings is 1. The summed E-state index contributed by atoms with van der Waals surface area (Å²) in [5, 5.41) is 19.3. The van der Waals surface area contributed by atoms with Crippen LogP contribution in [0, 0.1) is 4.77 Å². The van der Waals surface area contributed by atoms with E-state index in [1.54, 1.807) is 18.3 Å². The van der Waals surface area contributed by atoms with Crippen LogP contribution in [0.2, 0.25) is 0 Å². The third-order valence-electron chi connectivity index (χ3n) is 2.68. The molecular weight excluding hydrogens is 272 g/mol. The summed E-state index contributed by atoms with van der Waals surface area (Å²) in [7, 11) is 0. The lowest BCUT2D eigenvalue weighted by Crippen LogP contribution is -2.19. The van der Waals surface area contributed by atoms with E-state index in [1.165, 1.54) is 0 Å². The van der Waals surface area contributed by atoms with Gasteiger partial charge in [0.15, 0.2) is 4.77 Å². The molecule has 0 bridgehead atoms. The predicted molar refractivity (Wildman–Crippen MR) is 72.6 cm³/mol. The van der Waals surface area contributed by atoms with Gasteiger partial charge in [-0.1, -0.05) is 12.1 Å². The fourth-order valence-electron chi connectivity index (χ4n) is 1.66. The van der Waals surface area contributed by atoms with E-state index >= 15 is 0 Å². The second kappa shape index (κ2) is 5.67. The summed E-state index contributed by atoms with van der Waals surface area (Å²) in [4.78, 5) is 2.90. The van der Waals surface area contributed by atoms with Crippen LogP contribution in [0.3, 0.4) is 0 Å². The van der Waals surface area contributed by atoms with Gasteiger partial charge in [-0.3, -0.25) is 4.57 Å². The molecular formula is C12H13ClN2O2S. The molecule has 0 aliphatic carbocycles. The van der Waals surface area contributed by atoms with Crippen molar-refractivity contribution in [3.05, 3.63) is 47.0 Å². The van der Waals surface area contributed by atoms with Gasteiger partial charge in [-0.05, 0) is 29.9 Å². The maximum absolute atomic E-state index is 9.80. The standard InChI is InChI=1S/C12H13ClN2O2S/c13-7-10(16)11(17)8-1-3-9(4-2-8)15-6-5-14-12(15)18/h1-6,10-11,16-17H,7H2,(H,14,18). The Morgan fingerprint density at radius 2 is 1.94 bits per heavy atom. The molecule has 2 atom stereocenters. The summed E-state index contributed by atoms with van der Waals surface area (Å²) in [5.41, 5.74) is 1.51. The lowest BCUT2D eigenvalue weighted by molar-refractivity contribution is 0.0327. The SMILES string of the molecule is OC(CCl)C(O)c1ccc(-n2cc[nH]c2=S)cc1. The zero-order valence-electron chi connectivity index (χ0n) is 9.45. The number of aromatic amines is 1. The minimum Gasteiger partial charge on any atom is -0.389 e. The Hall–Kier alpha value is -1.14. The second-order valence-electron chi connectivity index (χ2n) is 3.89. The molecule has 1 aromatic heterocycles. The number of hydrogen-bond donors (Lipinski definition) is 3. The molecule has 1 aromatic carbocycles. The third-order valence-corrected chi connectivity index (χ3v) is 3.32. The van der Waals surface area contributed by atoms with Crippen LogP contribution in [-0.2, 0) is 0 Å². The van der Waals surface area contributed by atoms with Gasteiger partial charge in [0, 0.05) is 18.1 Å². The third kappa shape index (κ3) is 2.64. The van der Waals surface area contributed by atoms with E-state index in [4.69, 9.17) is 23.8 Å². The van der Waals surface area contributed by atoms with Crippen molar-refractivity contribution in [1.29, 1.82) is 0 Å². The van der Waals surface area contributed by atoms with Gasteiger partial charge in [0.1, 0.15) is 6.10 Å². The van der Waals surface area contributed by atoms with E-state index in [1.807, 2.05) is 22.9 Å². The second-order valence-corrected chi connectivity index (χ2v) is 4.59. The maximum atomic E-state index is 9.80. The molecule has 0 saturated heterocycles. The van der Waals surface area contributed by atoms with Crippen molar-refractivity contribution < 1.29 is 10.2 Å². The van der Waals surface area contributed by atoms with Crippen LogP contribution in [0.5, 0.6) is 0 Å². The van der Waals surface area contributed by atoms with Crippen LogP contribution in [0.15, 0.2) is 36.7 Å². The first-order chi connectivity index (χ1) is 8.63. The highest BCUT2D eigenvalue weighted by Gasteiger charge is 2.16. The first-order valence-electron chi connectivity index (χ1n) is 5.42. The molecule has 0 saturated carbocycles. The van der Waals surface area contributed by atoms with Crippen molar-refractivity contribution in [1.82, 2.24) is 9.55 Å². The molecule has 0 radical (unpaired) electrons. The normalized spacial score (nSPS) is 14.4. The Labute approximate surface area is 114 Å². The number of imidazole rings is 1. The molecule has 1 heterocycles. The van der Waals surface area contributed by atoms with Crippen molar-refractivity contribution in [2.24, 2.45) is 0 Å². The lowest BCUT2D eigenvalue weighted by Gasteiger charge is -2.16. The van der Waals surface area contributed by atoms with E-state index in [0.29, 0.717) is 10.3 Å². The zero-order valence-corrected chi connectivity index (χ0v) is 11.0. The summed E-state index contributed by atoms with van der Waals surface area (Å²) in [5.74, 6) is -0.00815. The monoisotopic (exact) mass is 284 g/mol. The number of aromatic nitrogens is 2. The molecule has 0 spiro atoms. The molecule has 6 heteroatoms. The van der Waals surface area contributed by atoms with E-state index in [9.17, 15) is 10.2 Å². The van der Waals surface area contributed by atoms with Crippen LogP contribution in [-0.4, -0.2) is 31.7 Å². The van der Waals surface area contributed by atoms with E-state index in [0.717, 1.165) is 5.69 Å². The number of rotatable bonds is 4. The van der Waals surface area contributed by atoms with Crippen LogP contribution in [0.25, 0.3) is 5.69 Å². The van der Waals surface area contributed by atoms with Crippen LogP contribution < -0.4 is 0 Å². The number of alkyl halides is 1. The largest absolute Gasteiger partial charge is 0.389 e. The molecule has 18 heavy (non-hydrogen) atoms. The van der Waals surface area contributed by atoms with Crippen molar-refractivity contribution in [2.75, 3.05) is 5.88 Å². The van der Waals surface area contributed by atoms with Crippen molar-refractivity contribution >= 4 is 23.8 Å². The molecule has 2 aromatic rings. The van der Waals surface area contributed by atoms with Crippen LogP contribution in [0.4, 0.5) is 0 Å². The molecule has 0 aliphatic heterocycles. The number of nitrogens with zero attached hydrogens (tertiary/aromatic N) is 1. The summed E-state index contributed by atoms with van der Waals surface area (Å²) in [6.45, 7) is 0. The fraction of sp³-hybridized carbons (Fsp3) is 0.250. The first kappa shape index (κ1) is 13.3. The minimum atomic E-state index is -0.976. The Bertz CT molecular complexity index is 564. The highest BCUT2D eigenvalue weighted by molar-refractivity contribution is 7.71. The number of aliphatic hydroxyl groups excluding tert-OH is 2. The molecule has 0 fully saturated rings. The number of halogens is 1. The molecule has 0 amide bonds. The summed E-state index contributed by atoms with van der Waals surface area (Å²) >= 11 is 10.6. The smallest absolute Gasteiger partial charge is 0.181 e. The lowest BCUT2D eigenvalue weighted by atomic mass is 10.1. The predicted octanol–water partition coefficient (Wildman–Crippen LogP) is 2.17. The van der Waals surface area contributed by atoms with Gasteiger partial charge in [-0.25, -0.2) is 0 Å². The Kier molecular flexibility index (Phi) is 4.19. The Morgan fingerprint density at radius 1 is 1.28 bits per heavy atom. The Morgan fingerprint density at radius 3 is 2.44 bits per heavy atom. The van der Waals surface area contributed by atoms with E-state index in [-0.39, 0.29) is 5.88 Å². The van der Waals surface area contributed by atoms with Crippen LogP contribution in [0.1, 0.15) is 11.7 Å². The fourth-order valence-corrected chi connectivity index (χ4v) is 2.07. The average molecular weight is 285 g/mol. The first-order valence-corrected chi connectivity index (χ1v) is 6.36. The topological polar surface area (TPSA) is 61.2 Å². The van der Waals surface area contributed by atoms with Gasteiger partial charge in [-0.2, -0.15) is 0 Å². The Balaban J connectivity index is 2.26. The molecule has 0 aliphatic rings. The van der Waals surface area contributed by atoms with Gasteiger partial charge in [0.2, 0.25) is 0 Å². The van der Waals surface area contributed by atoms with Gasteiger partial charge >= 0.3 is 0 Å². The highest BCUT2D eigenvalue weighted by atomic mass is 35.5. The summed E-state index contributed by atoms with van der Waals surface area (Å²) < 4.78 is 2.41. The van der Waals surface area contributed by atoms with Crippen molar-refractivity contribution in [3.8, 4) is 5.69 Å². The summed E-state index contributed by atoms with van der Waals surface area (Å²) in [6, 6.07) is 7.13. The number of hydrogen-bond acceptors (Lipinski definition) is 3. The summed E-state index contributed by atoms with van der Waals surface area (Å²) in [6.07, 6.45) is 1.63. The van der Waals surface area contributed by atoms with Crippen LogP contribution >= 0.6 is 23.8 Å². The van der Waals surface area contributed by atoms with Crippen molar-refractivity contribution in [2.45, 2.75) is 12.2 Å². The molecule has 3 N–H and O–H groups in total. The van der Waals surface area contributed by atoms with Gasteiger partial charge in [0.05, 0.1) is 12.0 Å².